The normalized spacial score (nSPS) is 15.2. The fourth-order valence-electron chi connectivity index (χ4n) is 15.0. The van der Waals surface area contributed by atoms with Crippen molar-refractivity contribution < 1.29 is 8.83 Å². The van der Waals surface area contributed by atoms with Gasteiger partial charge in [-0.1, -0.05) is 175 Å². The Morgan fingerprint density at radius 1 is 0.377 bits per heavy atom. The van der Waals surface area contributed by atoms with Crippen LogP contribution >= 0.6 is 0 Å². The zero-order valence-corrected chi connectivity index (χ0v) is 43.8. The van der Waals surface area contributed by atoms with E-state index < -0.39 is 0 Å². The molecule has 3 aliphatic rings. The third kappa shape index (κ3) is 5.47. The zero-order valence-electron chi connectivity index (χ0n) is 43.8. The SMILES string of the molecule is CC1(C)c2cc(N(c3ccc4c(c3)C(C)(C)c3c5c(c6oc7ccccc7c6c3-4)-c3ccccc3C5(C)C)c3cccc4ccccc34)ccc2-c2c1cc(-c1ccc3c(c1)oc1ccccc13)c1[nH]c3ccccc3c21. The molecule has 0 bridgehead atoms. The van der Waals surface area contributed by atoms with Crippen LogP contribution in [0.4, 0.5) is 17.1 Å². The summed E-state index contributed by atoms with van der Waals surface area (Å²) in [6.07, 6.45) is 0. The van der Waals surface area contributed by atoms with E-state index in [2.05, 4.69) is 246 Å². The van der Waals surface area contributed by atoms with E-state index in [1.165, 1.54) is 105 Å². The minimum Gasteiger partial charge on any atom is -0.456 e. The van der Waals surface area contributed by atoms with E-state index in [0.29, 0.717) is 0 Å². The summed E-state index contributed by atoms with van der Waals surface area (Å²) in [7, 11) is 0. The maximum atomic E-state index is 7.03. The highest BCUT2D eigenvalue weighted by atomic mass is 16.3. The van der Waals surface area contributed by atoms with Gasteiger partial charge in [0.25, 0.3) is 0 Å². The van der Waals surface area contributed by atoms with Crippen molar-refractivity contribution in [3.8, 4) is 44.5 Å². The zero-order chi connectivity index (χ0) is 51.4. The van der Waals surface area contributed by atoms with Crippen molar-refractivity contribution in [3.63, 3.8) is 0 Å². The predicted octanol–water partition coefficient (Wildman–Crippen LogP) is 20.3. The topological polar surface area (TPSA) is 45.3 Å². The lowest BCUT2D eigenvalue weighted by Gasteiger charge is -2.32. The highest BCUT2D eigenvalue weighted by Crippen LogP contribution is 2.64. The number of benzene rings is 11. The van der Waals surface area contributed by atoms with Crippen LogP contribution in [0.25, 0.3) is 121 Å². The van der Waals surface area contributed by atoms with Gasteiger partial charge in [-0.3, -0.25) is 0 Å². The Hall–Kier alpha value is -9.12. The fourth-order valence-corrected chi connectivity index (χ4v) is 15.0. The second-order valence-electron chi connectivity index (χ2n) is 23.6. The molecule has 0 saturated heterocycles. The minimum absolute atomic E-state index is 0.240. The molecule has 0 spiro atoms. The smallest absolute Gasteiger partial charge is 0.144 e. The summed E-state index contributed by atoms with van der Waals surface area (Å²) in [4.78, 5) is 6.46. The third-order valence-electron chi connectivity index (χ3n) is 18.5. The number of rotatable bonds is 4. The molecule has 0 amide bonds. The summed E-state index contributed by atoms with van der Waals surface area (Å²) in [5.74, 6) is 0. The van der Waals surface area contributed by atoms with Crippen LogP contribution in [0.3, 0.4) is 0 Å². The van der Waals surface area contributed by atoms with Crippen molar-refractivity contribution in [3.05, 3.63) is 234 Å². The van der Waals surface area contributed by atoms with Gasteiger partial charge in [0.1, 0.15) is 22.3 Å². The van der Waals surface area contributed by atoms with Crippen molar-refractivity contribution in [2.75, 3.05) is 4.90 Å². The van der Waals surface area contributed by atoms with Gasteiger partial charge in [-0.2, -0.15) is 0 Å². The predicted molar refractivity (Wildman–Crippen MR) is 321 cm³/mol. The maximum absolute atomic E-state index is 7.03. The number of nitrogens with one attached hydrogen (secondary N) is 1. The molecule has 3 aromatic heterocycles. The molecule has 0 atom stereocenters. The molecule has 17 rings (SSSR count). The number of fused-ring (bicyclic) bond motifs is 23. The first-order chi connectivity index (χ1) is 37.5. The third-order valence-corrected chi connectivity index (χ3v) is 18.5. The molecule has 0 aliphatic heterocycles. The van der Waals surface area contributed by atoms with Crippen LogP contribution in [0.5, 0.6) is 0 Å². The molecule has 0 radical (unpaired) electrons. The molecule has 3 aliphatic carbocycles. The first-order valence-electron chi connectivity index (χ1n) is 27.2. The molecule has 3 heterocycles. The summed E-state index contributed by atoms with van der Waals surface area (Å²) in [6.45, 7) is 14.6. The van der Waals surface area contributed by atoms with Crippen LogP contribution in [0, 0.1) is 0 Å². The molecule has 14 aromatic rings. The number of aromatic amines is 1. The molecule has 4 nitrogen and oxygen atoms in total. The van der Waals surface area contributed by atoms with Crippen LogP contribution in [0.1, 0.15) is 74.9 Å². The first-order valence-corrected chi connectivity index (χ1v) is 27.2. The number of hydrogen-bond acceptors (Lipinski definition) is 3. The van der Waals surface area contributed by atoms with Crippen LogP contribution in [-0.2, 0) is 16.2 Å². The summed E-state index contributed by atoms with van der Waals surface area (Å²) in [5.41, 5.74) is 26.6. The monoisotopic (exact) mass is 988 g/mol. The summed E-state index contributed by atoms with van der Waals surface area (Å²) >= 11 is 0. The van der Waals surface area contributed by atoms with E-state index in [-0.39, 0.29) is 16.2 Å². The molecule has 0 fully saturated rings. The van der Waals surface area contributed by atoms with E-state index in [9.17, 15) is 0 Å². The van der Waals surface area contributed by atoms with Crippen molar-refractivity contribution >= 4 is 93.5 Å². The summed E-state index contributed by atoms with van der Waals surface area (Å²) in [6, 6.07) is 74.2. The summed E-state index contributed by atoms with van der Waals surface area (Å²) in [5, 5.41) is 9.57. The Bertz CT molecular complexity index is 4970. The number of furan rings is 2. The van der Waals surface area contributed by atoms with E-state index >= 15 is 0 Å². The average Bonchev–Trinajstić information content (AvgIpc) is 4.38. The van der Waals surface area contributed by atoms with Crippen molar-refractivity contribution in [1.29, 1.82) is 0 Å². The van der Waals surface area contributed by atoms with Crippen LogP contribution < -0.4 is 4.90 Å². The Morgan fingerprint density at radius 2 is 0.974 bits per heavy atom. The molecule has 0 saturated carbocycles. The van der Waals surface area contributed by atoms with Gasteiger partial charge >= 0.3 is 0 Å². The largest absolute Gasteiger partial charge is 0.456 e. The lowest BCUT2D eigenvalue weighted by molar-refractivity contribution is 0.600. The van der Waals surface area contributed by atoms with Gasteiger partial charge in [-0.15, -0.1) is 0 Å². The van der Waals surface area contributed by atoms with Gasteiger partial charge in [-0.25, -0.2) is 0 Å². The standard InChI is InChI=1S/C73H52N2O2/c1-71(2)54-37-42(31-34-48(54)62-56(71)39-52(69-64(62)50-23-10-14-26-57(50)74-69)41-30-33-46-45-21-11-15-28-59(45)76-61(46)36-41)75(58-27-17-19-40-18-7-8-20-44(40)58)43-32-35-49-55(38-43)73(5,6)67-63(49)65-51-24-12-16-29-60(51)77-70(65)66-47-22-9-13-25-53(47)72(3,4)68(66)67/h7-39,74H,1-6H3. The van der Waals surface area contributed by atoms with E-state index in [0.717, 1.165) is 66.8 Å². The van der Waals surface area contributed by atoms with Gasteiger partial charge in [0.2, 0.25) is 0 Å². The van der Waals surface area contributed by atoms with Gasteiger partial charge < -0.3 is 18.7 Å². The van der Waals surface area contributed by atoms with Crippen molar-refractivity contribution in [2.45, 2.75) is 57.8 Å². The molecule has 77 heavy (non-hydrogen) atoms. The molecular weight excluding hydrogens is 937 g/mol. The van der Waals surface area contributed by atoms with Crippen molar-refractivity contribution in [2.24, 2.45) is 0 Å². The van der Waals surface area contributed by atoms with Crippen LogP contribution in [0.2, 0.25) is 0 Å². The van der Waals surface area contributed by atoms with E-state index in [1.807, 2.05) is 6.07 Å². The lowest BCUT2D eigenvalue weighted by Crippen LogP contribution is -2.24. The molecule has 0 unspecified atom stereocenters. The molecule has 366 valence electrons. The Labute approximate surface area is 445 Å². The quantitative estimate of drug-likeness (QED) is 0.191. The van der Waals surface area contributed by atoms with E-state index in [1.54, 1.807) is 0 Å². The second kappa shape index (κ2) is 14.6. The van der Waals surface area contributed by atoms with Crippen LogP contribution in [-0.4, -0.2) is 4.98 Å². The van der Waals surface area contributed by atoms with Gasteiger partial charge in [0.05, 0.1) is 11.2 Å². The Kier molecular flexibility index (Phi) is 8.20. The number of para-hydroxylation sites is 3. The Balaban J connectivity index is 0.883. The van der Waals surface area contributed by atoms with Gasteiger partial charge in [0.15, 0.2) is 0 Å². The summed E-state index contributed by atoms with van der Waals surface area (Å²) < 4.78 is 13.5. The van der Waals surface area contributed by atoms with Crippen molar-refractivity contribution in [1.82, 2.24) is 4.98 Å². The Morgan fingerprint density at radius 3 is 1.78 bits per heavy atom. The number of anilines is 3. The lowest BCUT2D eigenvalue weighted by atomic mass is 9.72. The highest BCUT2D eigenvalue weighted by molar-refractivity contribution is 6.22. The fraction of sp³-hybridized carbons (Fsp3) is 0.123. The number of nitrogens with zero attached hydrogens (tertiary/aromatic N) is 1. The van der Waals surface area contributed by atoms with Gasteiger partial charge in [-0.05, 0) is 139 Å². The number of hydrogen-bond donors (Lipinski definition) is 1. The molecule has 1 N–H and O–H groups in total. The number of aromatic nitrogens is 1. The number of H-pyrrole nitrogens is 1. The second-order valence-corrected chi connectivity index (χ2v) is 23.6. The molecule has 11 aromatic carbocycles. The van der Waals surface area contributed by atoms with Crippen LogP contribution in [0.15, 0.2) is 209 Å². The van der Waals surface area contributed by atoms with Gasteiger partial charge in [0, 0.05) is 82.0 Å². The molecular formula is C73H52N2O2. The average molecular weight is 989 g/mol. The maximum Gasteiger partial charge on any atom is 0.144 e. The first kappa shape index (κ1) is 43.2. The highest BCUT2D eigenvalue weighted by Gasteiger charge is 2.49. The molecule has 4 heteroatoms. The minimum atomic E-state index is -0.347. The van der Waals surface area contributed by atoms with E-state index in [4.69, 9.17) is 8.83 Å².